The third-order valence-electron chi connectivity index (χ3n) is 2.74. The molecular weight excluding hydrogens is 266 g/mol. The second-order valence-electron chi connectivity index (χ2n) is 4.22. The van der Waals surface area contributed by atoms with Crippen LogP contribution in [0, 0.1) is 0 Å². The maximum Gasteiger partial charge on any atom is 0.257 e. The number of rotatable bonds is 3. The predicted octanol–water partition coefficient (Wildman–Crippen LogP) is 1.32. The van der Waals surface area contributed by atoms with Crippen LogP contribution in [0.2, 0.25) is 5.15 Å². The van der Waals surface area contributed by atoms with Crippen molar-refractivity contribution in [3.8, 4) is 0 Å². The van der Waals surface area contributed by atoms with E-state index in [1.807, 2.05) is 17.8 Å². The van der Waals surface area contributed by atoms with E-state index in [0.717, 1.165) is 5.82 Å². The number of imidazole rings is 1. The Morgan fingerprint density at radius 1 is 1.53 bits per heavy atom. The van der Waals surface area contributed by atoms with Gasteiger partial charge in [0, 0.05) is 26.5 Å². The van der Waals surface area contributed by atoms with E-state index < -0.39 is 0 Å². The van der Waals surface area contributed by atoms with Crippen molar-refractivity contribution in [1.82, 2.24) is 19.4 Å². The van der Waals surface area contributed by atoms with Gasteiger partial charge < -0.3 is 15.2 Å². The molecule has 2 heterocycles. The zero-order valence-electron chi connectivity index (χ0n) is 10.7. The van der Waals surface area contributed by atoms with Crippen LogP contribution in [-0.2, 0) is 13.6 Å². The summed E-state index contributed by atoms with van der Waals surface area (Å²) in [6.45, 7) is 0.382. The fourth-order valence-corrected chi connectivity index (χ4v) is 1.84. The van der Waals surface area contributed by atoms with Crippen molar-refractivity contribution < 1.29 is 4.79 Å². The number of halogens is 1. The normalized spacial score (nSPS) is 10.5. The van der Waals surface area contributed by atoms with Crippen molar-refractivity contribution in [3.05, 3.63) is 41.2 Å². The molecule has 0 unspecified atom stereocenters. The standard InChI is InChI=1S/C12H14ClN5O/c1-17-4-3-15-10(17)7-18(2)12(19)9-5-8(14)6-16-11(9)13/h3-6H,7,14H2,1-2H3. The largest absolute Gasteiger partial charge is 0.397 e. The van der Waals surface area contributed by atoms with Crippen LogP contribution < -0.4 is 5.73 Å². The van der Waals surface area contributed by atoms with Crippen molar-refractivity contribution in [2.75, 3.05) is 12.8 Å². The van der Waals surface area contributed by atoms with Gasteiger partial charge in [0.2, 0.25) is 0 Å². The van der Waals surface area contributed by atoms with Crippen LogP contribution in [0.3, 0.4) is 0 Å². The first-order valence-electron chi connectivity index (χ1n) is 5.61. The lowest BCUT2D eigenvalue weighted by Crippen LogP contribution is -2.28. The first-order chi connectivity index (χ1) is 8.99. The van der Waals surface area contributed by atoms with Crippen molar-refractivity contribution in [1.29, 1.82) is 0 Å². The monoisotopic (exact) mass is 279 g/mol. The van der Waals surface area contributed by atoms with Gasteiger partial charge in [-0.3, -0.25) is 4.79 Å². The van der Waals surface area contributed by atoms with Crippen LogP contribution in [0.4, 0.5) is 5.69 Å². The van der Waals surface area contributed by atoms with Gasteiger partial charge >= 0.3 is 0 Å². The summed E-state index contributed by atoms with van der Waals surface area (Å²) in [5.41, 5.74) is 6.31. The summed E-state index contributed by atoms with van der Waals surface area (Å²) < 4.78 is 1.85. The van der Waals surface area contributed by atoms with E-state index in [-0.39, 0.29) is 11.1 Å². The third kappa shape index (κ3) is 2.85. The van der Waals surface area contributed by atoms with Gasteiger partial charge in [-0.2, -0.15) is 0 Å². The molecule has 100 valence electrons. The number of hydrogen-bond acceptors (Lipinski definition) is 4. The summed E-state index contributed by atoms with van der Waals surface area (Å²) in [7, 11) is 3.55. The highest BCUT2D eigenvalue weighted by molar-refractivity contribution is 6.32. The molecule has 0 saturated carbocycles. The molecular formula is C12H14ClN5O. The molecule has 2 aromatic rings. The highest BCUT2D eigenvalue weighted by Gasteiger charge is 2.17. The van der Waals surface area contributed by atoms with Gasteiger partial charge in [0.15, 0.2) is 0 Å². The topological polar surface area (TPSA) is 77.0 Å². The molecule has 19 heavy (non-hydrogen) atoms. The molecule has 6 nitrogen and oxygen atoms in total. The van der Waals surface area contributed by atoms with Crippen LogP contribution in [-0.4, -0.2) is 32.4 Å². The van der Waals surface area contributed by atoms with E-state index in [1.165, 1.54) is 17.2 Å². The first kappa shape index (κ1) is 13.4. The summed E-state index contributed by atoms with van der Waals surface area (Å²) in [6.07, 6.45) is 4.92. The van der Waals surface area contributed by atoms with Gasteiger partial charge in [-0.15, -0.1) is 0 Å². The van der Waals surface area contributed by atoms with Crippen molar-refractivity contribution >= 4 is 23.2 Å². The minimum atomic E-state index is -0.243. The number of carbonyl (C=O) groups excluding carboxylic acids is 1. The molecule has 1 amide bonds. The highest BCUT2D eigenvalue weighted by Crippen LogP contribution is 2.17. The van der Waals surface area contributed by atoms with E-state index >= 15 is 0 Å². The molecule has 0 saturated heterocycles. The number of nitrogens with zero attached hydrogens (tertiary/aromatic N) is 4. The number of nitrogens with two attached hydrogens (primary N) is 1. The molecule has 0 atom stereocenters. The molecule has 0 aliphatic carbocycles. The third-order valence-corrected chi connectivity index (χ3v) is 3.04. The fraction of sp³-hybridized carbons (Fsp3) is 0.250. The molecule has 0 aliphatic heterocycles. The Morgan fingerprint density at radius 3 is 2.89 bits per heavy atom. The predicted molar refractivity (Wildman–Crippen MR) is 72.7 cm³/mol. The number of aryl methyl sites for hydroxylation is 1. The summed E-state index contributed by atoms with van der Waals surface area (Å²) in [4.78, 5) is 21.8. The Bertz CT molecular complexity index is 610. The molecule has 2 rings (SSSR count). The Balaban J connectivity index is 2.19. The average molecular weight is 280 g/mol. The molecule has 0 aromatic carbocycles. The minimum Gasteiger partial charge on any atom is -0.397 e. The fourth-order valence-electron chi connectivity index (χ4n) is 1.65. The van der Waals surface area contributed by atoms with Crippen molar-refractivity contribution in [2.45, 2.75) is 6.54 Å². The summed E-state index contributed by atoms with van der Waals surface area (Å²) in [6, 6.07) is 1.52. The summed E-state index contributed by atoms with van der Waals surface area (Å²) in [5.74, 6) is 0.539. The second-order valence-corrected chi connectivity index (χ2v) is 4.58. The maximum absolute atomic E-state index is 12.3. The molecule has 0 fully saturated rings. The first-order valence-corrected chi connectivity index (χ1v) is 5.99. The quantitative estimate of drug-likeness (QED) is 0.860. The van der Waals surface area contributed by atoms with E-state index in [9.17, 15) is 4.79 Å². The zero-order chi connectivity index (χ0) is 14.0. The highest BCUT2D eigenvalue weighted by atomic mass is 35.5. The molecule has 7 heteroatoms. The molecule has 0 spiro atoms. The number of aromatic nitrogens is 3. The summed E-state index contributed by atoms with van der Waals surface area (Å²) >= 11 is 5.91. The summed E-state index contributed by atoms with van der Waals surface area (Å²) in [5, 5.41) is 0.144. The Kier molecular flexibility index (Phi) is 3.71. The SMILES string of the molecule is CN(Cc1nccn1C)C(=O)c1cc(N)cnc1Cl. The molecule has 0 radical (unpaired) electrons. The number of anilines is 1. The molecule has 0 bridgehead atoms. The van der Waals surface area contributed by atoms with Gasteiger partial charge in [-0.05, 0) is 6.07 Å². The Morgan fingerprint density at radius 2 is 2.26 bits per heavy atom. The van der Waals surface area contributed by atoms with Crippen LogP contribution in [0.1, 0.15) is 16.2 Å². The molecule has 2 aromatic heterocycles. The Labute approximate surface area is 115 Å². The van der Waals surface area contributed by atoms with Crippen molar-refractivity contribution in [2.24, 2.45) is 7.05 Å². The number of carbonyl (C=O) groups is 1. The lowest BCUT2D eigenvalue weighted by atomic mass is 10.2. The second kappa shape index (κ2) is 5.27. The van der Waals surface area contributed by atoms with Crippen molar-refractivity contribution in [3.63, 3.8) is 0 Å². The van der Waals surface area contributed by atoms with Crippen LogP contribution in [0.25, 0.3) is 0 Å². The van der Waals surface area contributed by atoms with Gasteiger partial charge in [0.25, 0.3) is 5.91 Å². The lowest BCUT2D eigenvalue weighted by Gasteiger charge is -2.17. The Hall–Kier alpha value is -2.08. The van der Waals surface area contributed by atoms with Gasteiger partial charge in [0.05, 0.1) is 24.0 Å². The average Bonchev–Trinajstić information content (AvgIpc) is 2.77. The minimum absolute atomic E-state index is 0.144. The molecule has 2 N–H and O–H groups in total. The van der Waals surface area contributed by atoms with Crippen LogP contribution >= 0.6 is 11.6 Å². The van der Waals surface area contributed by atoms with E-state index in [4.69, 9.17) is 17.3 Å². The molecule has 0 aliphatic rings. The van der Waals surface area contributed by atoms with Gasteiger partial charge in [-0.25, -0.2) is 9.97 Å². The zero-order valence-corrected chi connectivity index (χ0v) is 11.4. The number of amides is 1. The van der Waals surface area contributed by atoms with Gasteiger partial charge in [-0.1, -0.05) is 11.6 Å². The number of hydrogen-bond donors (Lipinski definition) is 1. The van der Waals surface area contributed by atoms with Gasteiger partial charge in [0.1, 0.15) is 11.0 Å². The maximum atomic E-state index is 12.3. The van der Waals surface area contributed by atoms with E-state index in [1.54, 1.807) is 13.2 Å². The lowest BCUT2D eigenvalue weighted by molar-refractivity contribution is 0.0780. The van der Waals surface area contributed by atoms with E-state index in [0.29, 0.717) is 17.8 Å². The smallest absolute Gasteiger partial charge is 0.257 e. The number of nitrogen functional groups attached to an aromatic ring is 1. The van der Waals surface area contributed by atoms with Crippen LogP contribution in [0.5, 0.6) is 0 Å². The van der Waals surface area contributed by atoms with Crippen LogP contribution in [0.15, 0.2) is 24.7 Å². The number of pyridine rings is 1. The van der Waals surface area contributed by atoms with E-state index in [2.05, 4.69) is 9.97 Å².